The summed E-state index contributed by atoms with van der Waals surface area (Å²) in [5.74, 6) is 1.42. The summed E-state index contributed by atoms with van der Waals surface area (Å²) in [7, 11) is 4.07. The van der Waals surface area contributed by atoms with Crippen LogP contribution in [-0.4, -0.2) is 40.8 Å². The number of hydrogen-bond donors (Lipinski definition) is 1. The van der Waals surface area contributed by atoms with Crippen LogP contribution in [0.2, 0.25) is 0 Å². The van der Waals surface area contributed by atoms with Crippen LogP contribution in [0.1, 0.15) is 57.7 Å². The molecular weight excluding hydrogens is 262 g/mol. The van der Waals surface area contributed by atoms with Crippen molar-refractivity contribution in [2.45, 2.75) is 53.0 Å². The molecule has 0 aliphatic carbocycles. The summed E-state index contributed by atoms with van der Waals surface area (Å²) in [6.07, 6.45) is 4.42. The summed E-state index contributed by atoms with van der Waals surface area (Å²) >= 11 is 0. The van der Waals surface area contributed by atoms with E-state index in [-0.39, 0.29) is 0 Å². The molecule has 0 saturated carbocycles. The summed E-state index contributed by atoms with van der Waals surface area (Å²) < 4.78 is 1.90. The number of hydrogen-bond acceptors (Lipinski definition) is 2. The van der Waals surface area contributed by atoms with Crippen molar-refractivity contribution < 1.29 is 0 Å². The molecule has 120 valence electrons. The van der Waals surface area contributed by atoms with Crippen molar-refractivity contribution in [1.82, 2.24) is 20.0 Å². The van der Waals surface area contributed by atoms with Gasteiger partial charge in [-0.1, -0.05) is 27.2 Å². The SMILES string of the molecule is CCCCN=C(NCC)N(C)Cc1cn(C)nc1C(C)C. The van der Waals surface area contributed by atoms with E-state index in [1.807, 2.05) is 11.7 Å². The van der Waals surface area contributed by atoms with E-state index in [0.717, 1.165) is 32.0 Å². The van der Waals surface area contributed by atoms with Gasteiger partial charge in [0.05, 0.1) is 5.69 Å². The minimum Gasteiger partial charge on any atom is -0.357 e. The van der Waals surface area contributed by atoms with Gasteiger partial charge in [0.25, 0.3) is 0 Å². The Hall–Kier alpha value is -1.52. The fourth-order valence-electron chi connectivity index (χ4n) is 2.31. The molecule has 0 amide bonds. The van der Waals surface area contributed by atoms with Gasteiger partial charge in [0, 0.05) is 45.5 Å². The van der Waals surface area contributed by atoms with Crippen molar-refractivity contribution >= 4 is 5.96 Å². The van der Waals surface area contributed by atoms with Crippen LogP contribution >= 0.6 is 0 Å². The van der Waals surface area contributed by atoms with E-state index in [2.05, 4.69) is 61.2 Å². The third-order valence-corrected chi connectivity index (χ3v) is 3.36. The standard InChI is InChI=1S/C16H31N5/c1-7-9-10-18-16(17-8-2)20(5)11-14-12-21(6)19-15(14)13(3)4/h12-13H,7-11H2,1-6H3,(H,17,18). The number of rotatable bonds is 7. The van der Waals surface area contributed by atoms with Crippen molar-refractivity contribution in [1.29, 1.82) is 0 Å². The van der Waals surface area contributed by atoms with Gasteiger partial charge in [0.2, 0.25) is 0 Å². The van der Waals surface area contributed by atoms with E-state index in [0.29, 0.717) is 5.92 Å². The van der Waals surface area contributed by atoms with E-state index in [1.165, 1.54) is 17.7 Å². The number of aliphatic imine (C=N–C) groups is 1. The van der Waals surface area contributed by atoms with Crippen LogP contribution in [0.15, 0.2) is 11.2 Å². The Morgan fingerprint density at radius 3 is 2.71 bits per heavy atom. The van der Waals surface area contributed by atoms with Crippen LogP contribution in [0, 0.1) is 0 Å². The van der Waals surface area contributed by atoms with E-state index in [4.69, 9.17) is 0 Å². The number of aryl methyl sites for hydroxylation is 1. The number of nitrogens with one attached hydrogen (secondary N) is 1. The van der Waals surface area contributed by atoms with Crippen LogP contribution < -0.4 is 5.32 Å². The molecule has 0 aliphatic heterocycles. The van der Waals surface area contributed by atoms with Crippen LogP contribution in [0.25, 0.3) is 0 Å². The summed E-state index contributed by atoms with van der Waals surface area (Å²) in [5, 5.41) is 7.94. The van der Waals surface area contributed by atoms with Gasteiger partial charge >= 0.3 is 0 Å². The highest BCUT2D eigenvalue weighted by molar-refractivity contribution is 5.79. The maximum Gasteiger partial charge on any atom is 0.193 e. The number of guanidine groups is 1. The number of aromatic nitrogens is 2. The van der Waals surface area contributed by atoms with E-state index >= 15 is 0 Å². The molecule has 0 spiro atoms. The molecule has 0 bridgehead atoms. The van der Waals surface area contributed by atoms with Gasteiger partial charge in [-0.25, -0.2) is 0 Å². The van der Waals surface area contributed by atoms with Crippen molar-refractivity contribution in [2.24, 2.45) is 12.0 Å². The molecule has 0 aliphatic rings. The van der Waals surface area contributed by atoms with Gasteiger partial charge in [-0.15, -0.1) is 0 Å². The Morgan fingerprint density at radius 2 is 2.14 bits per heavy atom. The van der Waals surface area contributed by atoms with Crippen molar-refractivity contribution in [3.8, 4) is 0 Å². The Bertz CT molecular complexity index is 448. The molecule has 1 rings (SSSR count). The van der Waals surface area contributed by atoms with E-state index in [1.54, 1.807) is 0 Å². The fraction of sp³-hybridized carbons (Fsp3) is 0.750. The Morgan fingerprint density at radius 1 is 1.43 bits per heavy atom. The maximum absolute atomic E-state index is 4.68. The molecule has 0 saturated heterocycles. The van der Waals surface area contributed by atoms with Gasteiger partial charge in [-0.05, 0) is 19.3 Å². The van der Waals surface area contributed by atoms with Crippen LogP contribution in [0.3, 0.4) is 0 Å². The molecule has 21 heavy (non-hydrogen) atoms. The summed E-state index contributed by atoms with van der Waals surface area (Å²) in [5.41, 5.74) is 2.45. The molecule has 0 atom stereocenters. The highest BCUT2D eigenvalue weighted by atomic mass is 15.3. The molecule has 0 unspecified atom stereocenters. The molecule has 0 aromatic carbocycles. The molecule has 0 fully saturated rings. The fourth-order valence-corrected chi connectivity index (χ4v) is 2.31. The molecule has 5 heteroatoms. The Kier molecular flexibility index (Phi) is 7.26. The molecule has 5 nitrogen and oxygen atoms in total. The molecule has 0 radical (unpaired) electrons. The summed E-state index contributed by atoms with van der Waals surface area (Å²) in [6.45, 7) is 11.3. The molecule has 1 N–H and O–H groups in total. The molecule has 1 heterocycles. The lowest BCUT2D eigenvalue weighted by molar-refractivity contribution is 0.473. The van der Waals surface area contributed by atoms with Crippen molar-refractivity contribution in [3.05, 3.63) is 17.5 Å². The first-order valence-corrected chi connectivity index (χ1v) is 8.01. The zero-order chi connectivity index (χ0) is 15.8. The zero-order valence-corrected chi connectivity index (χ0v) is 14.5. The quantitative estimate of drug-likeness (QED) is 0.478. The second-order valence-corrected chi connectivity index (χ2v) is 5.81. The van der Waals surface area contributed by atoms with Gasteiger partial charge < -0.3 is 10.2 Å². The average molecular weight is 293 g/mol. The minimum atomic E-state index is 0.439. The largest absolute Gasteiger partial charge is 0.357 e. The summed E-state index contributed by atoms with van der Waals surface area (Å²) in [6, 6.07) is 0. The first-order chi connectivity index (χ1) is 9.99. The average Bonchev–Trinajstić information content (AvgIpc) is 2.79. The van der Waals surface area contributed by atoms with Crippen molar-refractivity contribution in [2.75, 3.05) is 20.1 Å². The Balaban J connectivity index is 2.81. The number of unbranched alkanes of at least 4 members (excludes halogenated alkanes) is 1. The lowest BCUT2D eigenvalue weighted by atomic mass is 10.1. The first-order valence-electron chi connectivity index (χ1n) is 8.01. The van der Waals surface area contributed by atoms with Crippen LogP contribution in [0.4, 0.5) is 0 Å². The number of nitrogens with zero attached hydrogens (tertiary/aromatic N) is 4. The lowest BCUT2D eigenvalue weighted by Crippen LogP contribution is -2.38. The second kappa shape index (κ2) is 8.70. The predicted octanol–water partition coefficient (Wildman–Crippen LogP) is 2.74. The Labute approximate surface area is 129 Å². The van der Waals surface area contributed by atoms with Crippen LogP contribution in [0.5, 0.6) is 0 Å². The molecule has 1 aromatic rings. The summed E-state index contributed by atoms with van der Waals surface area (Å²) in [4.78, 5) is 6.87. The topological polar surface area (TPSA) is 45.5 Å². The zero-order valence-electron chi connectivity index (χ0n) is 14.5. The molecule has 1 aromatic heterocycles. The van der Waals surface area contributed by atoms with Gasteiger partial charge in [-0.2, -0.15) is 5.10 Å². The van der Waals surface area contributed by atoms with E-state index in [9.17, 15) is 0 Å². The van der Waals surface area contributed by atoms with Gasteiger partial charge in [0.15, 0.2) is 5.96 Å². The third kappa shape index (κ3) is 5.40. The normalized spacial score (nSPS) is 12.0. The lowest BCUT2D eigenvalue weighted by Gasteiger charge is -2.22. The smallest absolute Gasteiger partial charge is 0.193 e. The maximum atomic E-state index is 4.68. The highest BCUT2D eigenvalue weighted by Crippen LogP contribution is 2.18. The van der Waals surface area contributed by atoms with Gasteiger partial charge in [-0.3, -0.25) is 9.67 Å². The third-order valence-electron chi connectivity index (χ3n) is 3.36. The highest BCUT2D eigenvalue weighted by Gasteiger charge is 2.14. The van der Waals surface area contributed by atoms with Crippen LogP contribution in [-0.2, 0) is 13.6 Å². The molecular formula is C16H31N5. The minimum absolute atomic E-state index is 0.439. The second-order valence-electron chi connectivity index (χ2n) is 5.81. The van der Waals surface area contributed by atoms with Gasteiger partial charge in [0.1, 0.15) is 0 Å². The van der Waals surface area contributed by atoms with E-state index < -0.39 is 0 Å². The predicted molar refractivity (Wildman–Crippen MR) is 89.7 cm³/mol. The van der Waals surface area contributed by atoms with Crippen molar-refractivity contribution in [3.63, 3.8) is 0 Å². The monoisotopic (exact) mass is 293 g/mol. The first kappa shape index (κ1) is 17.5.